The Hall–Kier alpha value is -0.360. The van der Waals surface area contributed by atoms with E-state index in [0.717, 1.165) is 6.54 Å². The summed E-state index contributed by atoms with van der Waals surface area (Å²) in [6.45, 7) is 5.31. The fraction of sp³-hybridized carbons (Fsp3) is 0.875. The zero-order chi connectivity index (χ0) is 11.2. The van der Waals surface area contributed by atoms with E-state index in [9.17, 15) is 8.42 Å². The van der Waals surface area contributed by atoms with E-state index in [2.05, 4.69) is 24.5 Å². The van der Waals surface area contributed by atoms with Gasteiger partial charge < -0.3 is 10.6 Å². The van der Waals surface area contributed by atoms with Crippen molar-refractivity contribution in [1.82, 2.24) is 10.6 Å². The maximum atomic E-state index is 10.8. The van der Waals surface area contributed by atoms with E-state index in [1.807, 2.05) is 0 Å². The lowest BCUT2D eigenvalue weighted by Gasteiger charge is -2.11. The van der Waals surface area contributed by atoms with Crippen molar-refractivity contribution in [3.05, 3.63) is 0 Å². The lowest BCUT2D eigenvalue weighted by atomic mass is 10.2. The van der Waals surface area contributed by atoms with Crippen LogP contribution >= 0.6 is 12.2 Å². The molecule has 0 saturated heterocycles. The van der Waals surface area contributed by atoms with Crippen molar-refractivity contribution < 1.29 is 8.42 Å². The first-order valence-electron chi connectivity index (χ1n) is 4.50. The van der Waals surface area contributed by atoms with Crippen LogP contribution in [-0.4, -0.2) is 38.6 Å². The molecule has 84 valence electrons. The van der Waals surface area contributed by atoms with Gasteiger partial charge in [0.1, 0.15) is 9.84 Å². The van der Waals surface area contributed by atoms with E-state index in [0.29, 0.717) is 17.6 Å². The first-order valence-corrected chi connectivity index (χ1v) is 6.97. The first-order chi connectivity index (χ1) is 6.31. The molecule has 0 spiro atoms. The van der Waals surface area contributed by atoms with Crippen molar-refractivity contribution in [2.45, 2.75) is 13.8 Å². The first kappa shape index (κ1) is 13.6. The van der Waals surface area contributed by atoms with Crippen LogP contribution in [0.25, 0.3) is 0 Å². The molecule has 6 heteroatoms. The van der Waals surface area contributed by atoms with Gasteiger partial charge in [0.2, 0.25) is 0 Å². The van der Waals surface area contributed by atoms with E-state index in [-0.39, 0.29) is 5.75 Å². The molecule has 0 aliphatic carbocycles. The van der Waals surface area contributed by atoms with Crippen LogP contribution < -0.4 is 10.6 Å². The smallest absolute Gasteiger partial charge is 0.166 e. The molecule has 0 aromatic carbocycles. The van der Waals surface area contributed by atoms with Crippen LogP contribution in [0.2, 0.25) is 0 Å². The van der Waals surface area contributed by atoms with E-state index in [4.69, 9.17) is 12.2 Å². The molecule has 14 heavy (non-hydrogen) atoms. The van der Waals surface area contributed by atoms with Crippen LogP contribution in [0.15, 0.2) is 0 Å². The molecule has 0 rings (SSSR count). The van der Waals surface area contributed by atoms with Gasteiger partial charge in [0.25, 0.3) is 0 Å². The highest BCUT2D eigenvalue weighted by molar-refractivity contribution is 7.90. The third kappa shape index (κ3) is 9.73. The van der Waals surface area contributed by atoms with Crippen LogP contribution in [0, 0.1) is 5.92 Å². The molecular formula is C8H18N2O2S2. The Kier molecular flexibility index (Phi) is 6.03. The van der Waals surface area contributed by atoms with Crippen molar-refractivity contribution in [1.29, 1.82) is 0 Å². The number of hydrogen-bond donors (Lipinski definition) is 2. The molecule has 0 fully saturated rings. The molecule has 4 nitrogen and oxygen atoms in total. The maximum Gasteiger partial charge on any atom is 0.166 e. The molecule has 0 radical (unpaired) electrons. The molecule has 0 aromatic rings. The quantitative estimate of drug-likeness (QED) is 0.668. The minimum Gasteiger partial charge on any atom is -0.362 e. The van der Waals surface area contributed by atoms with E-state index < -0.39 is 9.84 Å². The van der Waals surface area contributed by atoms with Crippen LogP contribution in [0.3, 0.4) is 0 Å². The molecule has 2 N–H and O–H groups in total. The average molecular weight is 238 g/mol. The van der Waals surface area contributed by atoms with E-state index in [1.165, 1.54) is 6.26 Å². The number of hydrogen-bond acceptors (Lipinski definition) is 3. The summed E-state index contributed by atoms with van der Waals surface area (Å²) in [6, 6.07) is 0. The molecule has 0 amide bonds. The third-order valence-electron chi connectivity index (χ3n) is 1.43. The van der Waals surface area contributed by atoms with Gasteiger partial charge in [-0.05, 0) is 18.1 Å². The summed E-state index contributed by atoms with van der Waals surface area (Å²) >= 11 is 4.94. The second-order valence-corrected chi connectivity index (χ2v) is 6.33. The Morgan fingerprint density at radius 2 is 1.93 bits per heavy atom. The SMILES string of the molecule is CC(C)CNC(=S)NCCS(C)(=O)=O. The van der Waals surface area contributed by atoms with Crippen molar-refractivity contribution in [3.63, 3.8) is 0 Å². The summed E-state index contributed by atoms with van der Waals surface area (Å²) in [5.41, 5.74) is 0. The highest BCUT2D eigenvalue weighted by atomic mass is 32.2. The Morgan fingerprint density at radius 1 is 1.36 bits per heavy atom. The molecule has 0 aromatic heterocycles. The largest absolute Gasteiger partial charge is 0.362 e. The fourth-order valence-electron chi connectivity index (χ4n) is 0.709. The third-order valence-corrected chi connectivity index (χ3v) is 2.66. The molecule has 0 saturated carbocycles. The summed E-state index contributed by atoms with van der Waals surface area (Å²) in [5.74, 6) is 0.626. The molecule has 0 atom stereocenters. The molecule has 0 heterocycles. The lowest BCUT2D eigenvalue weighted by Crippen LogP contribution is -2.39. The molecule has 0 bridgehead atoms. The predicted octanol–water partition coefficient (Wildman–Crippen LogP) is 0.151. The number of nitrogens with one attached hydrogen (secondary N) is 2. The summed E-state index contributed by atoms with van der Waals surface area (Å²) in [4.78, 5) is 0. The molecular weight excluding hydrogens is 220 g/mol. The monoisotopic (exact) mass is 238 g/mol. The van der Waals surface area contributed by atoms with Gasteiger partial charge in [-0.2, -0.15) is 0 Å². The van der Waals surface area contributed by atoms with Gasteiger partial charge in [0, 0.05) is 19.3 Å². The summed E-state index contributed by atoms with van der Waals surface area (Å²) < 4.78 is 21.6. The van der Waals surface area contributed by atoms with Crippen molar-refractivity contribution in [2.24, 2.45) is 5.92 Å². The highest BCUT2D eigenvalue weighted by Crippen LogP contribution is 1.86. The van der Waals surface area contributed by atoms with Gasteiger partial charge in [-0.25, -0.2) is 8.42 Å². The second kappa shape index (κ2) is 6.19. The Bertz CT molecular complexity index is 273. The Balaban J connectivity index is 3.55. The maximum absolute atomic E-state index is 10.8. The van der Waals surface area contributed by atoms with Crippen molar-refractivity contribution in [3.8, 4) is 0 Å². The number of sulfone groups is 1. The Labute approximate surface area is 91.4 Å². The summed E-state index contributed by atoms with van der Waals surface area (Å²) in [6.07, 6.45) is 1.21. The van der Waals surface area contributed by atoms with Crippen molar-refractivity contribution in [2.75, 3.05) is 25.1 Å². The van der Waals surface area contributed by atoms with E-state index >= 15 is 0 Å². The van der Waals surface area contributed by atoms with Gasteiger partial charge in [-0.15, -0.1) is 0 Å². The minimum atomic E-state index is -2.90. The number of thiocarbonyl (C=S) groups is 1. The van der Waals surface area contributed by atoms with Gasteiger partial charge >= 0.3 is 0 Å². The lowest BCUT2D eigenvalue weighted by molar-refractivity contribution is 0.599. The zero-order valence-corrected chi connectivity index (χ0v) is 10.5. The fourth-order valence-corrected chi connectivity index (χ4v) is 1.37. The van der Waals surface area contributed by atoms with Crippen LogP contribution in [-0.2, 0) is 9.84 Å². The zero-order valence-electron chi connectivity index (χ0n) is 8.83. The van der Waals surface area contributed by atoms with Crippen LogP contribution in [0.1, 0.15) is 13.8 Å². The molecule has 0 aliphatic rings. The average Bonchev–Trinajstić information content (AvgIpc) is 1.98. The standard InChI is InChI=1S/C8H18N2O2S2/c1-7(2)6-10-8(13)9-4-5-14(3,11)12/h7H,4-6H2,1-3H3,(H2,9,10,13). The topological polar surface area (TPSA) is 58.2 Å². The Morgan fingerprint density at radius 3 is 2.36 bits per heavy atom. The summed E-state index contributed by atoms with van der Waals surface area (Å²) in [7, 11) is -2.90. The molecule has 0 unspecified atom stereocenters. The van der Waals surface area contributed by atoms with Crippen LogP contribution in [0.5, 0.6) is 0 Å². The van der Waals surface area contributed by atoms with Crippen LogP contribution in [0.4, 0.5) is 0 Å². The number of rotatable bonds is 5. The van der Waals surface area contributed by atoms with Crippen molar-refractivity contribution >= 4 is 27.2 Å². The van der Waals surface area contributed by atoms with E-state index in [1.54, 1.807) is 0 Å². The highest BCUT2D eigenvalue weighted by Gasteiger charge is 2.02. The van der Waals surface area contributed by atoms with Gasteiger partial charge in [0.05, 0.1) is 5.75 Å². The van der Waals surface area contributed by atoms with Gasteiger partial charge in [0.15, 0.2) is 5.11 Å². The second-order valence-electron chi connectivity index (χ2n) is 3.66. The van der Waals surface area contributed by atoms with Gasteiger partial charge in [-0.1, -0.05) is 13.8 Å². The molecule has 0 aliphatic heterocycles. The summed E-state index contributed by atoms with van der Waals surface area (Å²) in [5, 5.41) is 6.35. The predicted molar refractivity (Wildman–Crippen MR) is 63.2 cm³/mol. The normalized spacial score (nSPS) is 11.4. The van der Waals surface area contributed by atoms with Gasteiger partial charge in [-0.3, -0.25) is 0 Å². The minimum absolute atomic E-state index is 0.108.